The normalized spacial score (nSPS) is 12.5. The Hall–Kier alpha value is -2.05. The van der Waals surface area contributed by atoms with Crippen LogP contribution in [0, 0.1) is 27.7 Å². The van der Waals surface area contributed by atoms with Gasteiger partial charge in [-0.2, -0.15) is 0 Å². The molecule has 0 aromatic heterocycles. The number of sulfonamides is 1. The average Bonchev–Trinajstić information content (AvgIpc) is 2.57. The molecule has 0 aliphatic heterocycles. The van der Waals surface area contributed by atoms with Crippen molar-refractivity contribution in [2.24, 2.45) is 0 Å². The van der Waals surface area contributed by atoms with Crippen LogP contribution >= 0.6 is 11.6 Å². The molecule has 0 heterocycles. The van der Waals surface area contributed by atoms with Crippen molar-refractivity contribution in [3.05, 3.63) is 63.2 Å². The molecule has 7 heteroatoms. The molecule has 0 bridgehead atoms. The van der Waals surface area contributed by atoms with E-state index in [0.29, 0.717) is 10.7 Å². The number of nitrogens with zero attached hydrogens (tertiary/aromatic N) is 1. The fourth-order valence-electron chi connectivity index (χ4n) is 3.08. The first kappa shape index (κ1) is 22.2. The van der Waals surface area contributed by atoms with Crippen LogP contribution in [0.15, 0.2) is 30.3 Å². The van der Waals surface area contributed by atoms with E-state index >= 15 is 0 Å². The standard InChI is InChI=1S/C21H27ClN2O3S/c1-13-7-8-18(11-20(13)22)24(28(6,26)27)12-21(25)23-17(5)19-10-15(3)14(2)9-16(19)4/h7-11,17H,12H2,1-6H3,(H,23,25). The van der Waals surface area contributed by atoms with Gasteiger partial charge in [0.1, 0.15) is 6.54 Å². The molecule has 1 N–H and O–H groups in total. The number of carbonyl (C=O) groups is 1. The summed E-state index contributed by atoms with van der Waals surface area (Å²) >= 11 is 6.13. The summed E-state index contributed by atoms with van der Waals surface area (Å²) < 4.78 is 25.6. The Bertz CT molecular complexity index is 1000. The van der Waals surface area contributed by atoms with Crippen molar-refractivity contribution in [1.82, 2.24) is 5.32 Å². The summed E-state index contributed by atoms with van der Waals surface area (Å²) in [4.78, 5) is 12.6. The van der Waals surface area contributed by atoms with Crippen molar-refractivity contribution in [3.63, 3.8) is 0 Å². The number of hydrogen-bond donors (Lipinski definition) is 1. The van der Waals surface area contributed by atoms with Crippen molar-refractivity contribution < 1.29 is 13.2 Å². The van der Waals surface area contributed by atoms with E-state index in [0.717, 1.165) is 32.8 Å². The lowest BCUT2D eigenvalue weighted by molar-refractivity contribution is -0.120. The first-order valence-corrected chi connectivity index (χ1v) is 11.2. The van der Waals surface area contributed by atoms with Crippen LogP contribution in [-0.2, 0) is 14.8 Å². The molecule has 2 aromatic carbocycles. The molecule has 1 atom stereocenters. The molecule has 2 rings (SSSR count). The number of aryl methyl sites for hydroxylation is 4. The largest absolute Gasteiger partial charge is 0.348 e. The smallest absolute Gasteiger partial charge is 0.241 e. The molecule has 1 amide bonds. The number of anilines is 1. The fourth-order valence-corrected chi connectivity index (χ4v) is 4.10. The lowest BCUT2D eigenvalue weighted by Gasteiger charge is -2.24. The number of nitrogens with one attached hydrogen (secondary N) is 1. The molecule has 28 heavy (non-hydrogen) atoms. The fraction of sp³-hybridized carbons (Fsp3) is 0.381. The van der Waals surface area contributed by atoms with Crippen LogP contribution in [0.5, 0.6) is 0 Å². The van der Waals surface area contributed by atoms with Crippen LogP contribution in [0.25, 0.3) is 0 Å². The summed E-state index contributed by atoms with van der Waals surface area (Å²) in [7, 11) is -3.65. The zero-order chi connectivity index (χ0) is 21.2. The van der Waals surface area contributed by atoms with Gasteiger partial charge in [0.05, 0.1) is 18.0 Å². The van der Waals surface area contributed by atoms with Crippen molar-refractivity contribution in [2.45, 2.75) is 40.7 Å². The maximum absolute atomic E-state index is 12.6. The molecular weight excluding hydrogens is 396 g/mol. The summed E-state index contributed by atoms with van der Waals surface area (Å²) in [5.41, 5.74) is 5.64. The van der Waals surface area contributed by atoms with Crippen molar-refractivity contribution in [1.29, 1.82) is 0 Å². The predicted octanol–water partition coefficient (Wildman–Crippen LogP) is 4.22. The zero-order valence-corrected chi connectivity index (χ0v) is 18.7. The van der Waals surface area contributed by atoms with Gasteiger partial charge in [-0.05, 0) is 74.6 Å². The van der Waals surface area contributed by atoms with Crippen LogP contribution < -0.4 is 9.62 Å². The van der Waals surface area contributed by atoms with Gasteiger partial charge in [-0.1, -0.05) is 29.8 Å². The summed E-state index contributed by atoms with van der Waals surface area (Å²) in [6, 6.07) is 8.84. The Morgan fingerprint density at radius 3 is 2.21 bits per heavy atom. The van der Waals surface area contributed by atoms with Gasteiger partial charge in [-0.15, -0.1) is 0 Å². The molecule has 152 valence electrons. The van der Waals surface area contributed by atoms with Gasteiger partial charge in [0.25, 0.3) is 0 Å². The second-order valence-corrected chi connectivity index (χ2v) is 9.60. The lowest BCUT2D eigenvalue weighted by Crippen LogP contribution is -2.41. The summed E-state index contributed by atoms with van der Waals surface area (Å²) in [6.07, 6.45) is 1.07. The molecule has 2 aromatic rings. The Morgan fingerprint density at radius 2 is 1.64 bits per heavy atom. The van der Waals surface area contributed by atoms with E-state index in [1.165, 1.54) is 5.56 Å². The van der Waals surface area contributed by atoms with Gasteiger partial charge in [-0.25, -0.2) is 8.42 Å². The van der Waals surface area contributed by atoms with Crippen LogP contribution in [0.1, 0.15) is 40.8 Å². The molecule has 0 radical (unpaired) electrons. The van der Waals surface area contributed by atoms with E-state index in [4.69, 9.17) is 11.6 Å². The Balaban J connectivity index is 2.22. The quantitative estimate of drug-likeness (QED) is 0.757. The minimum Gasteiger partial charge on any atom is -0.348 e. The molecule has 0 aliphatic carbocycles. The van der Waals surface area contributed by atoms with Gasteiger partial charge in [0.2, 0.25) is 15.9 Å². The number of amides is 1. The topological polar surface area (TPSA) is 66.5 Å². The minimum absolute atomic E-state index is 0.241. The van der Waals surface area contributed by atoms with E-state index in [1.54, 1.807) is 18.2 Å². The van der Waals surface area contributed by atoms with E-state index in [2.05, 4.69) is 17.4 Å². The first-order chi connectivity index (χ1) is 12.9. The Kier molecular flexibility index (Phi) is 6.78. The number of halogens is 1. The highest BCUT2D eigenvalue weighted by molar-refractivity contribution is 7.92. The molecule has 0 spiro atoms. The van der Waals surface area contributed by atoms with E-state index in [-0.39, 0.29) is 18.5 Å². The van der Waals surface area contributed by atoms with Crippen molar-refractivity contribution in [2.75, 3.05) is 17.1 Å². The van der Waals surface area contributed by atoms with Gasteiger partial charge >= 0.3 is 0 Å². The number of hydrogen-bond acceptors (Lipinski definition) is 3. The summed E-state index contributed by atoms with van der Waals surface area (Å²) in [6.45, 7) is 9.49. The SMILES string of the molecule is Cc1cc(C)c(C(C)NC(=O)CN(c2ccc(C)c(Cl)c2)S(C)(=O)=O)cc1C. The number of benzene rings is 2. The van der Waals surface area contributed by atoms with Gasteiger partial charge in [0, 0.05) is 5.02 Å². The zero-order valence-electron chi connectivity index (χ0n) is 17.1. The molecular formula is C21H27ClN2O3S. The number of carbonyl (C=O) groups excluding carboxylic acids is 1. The Morgan fingerprint density at radius 1 is 1.04 bits per heavy atom. The summed E-state index contributed by atoms with van der Waals surface area (Å²) in [5.74, 6) is -0.382. The van der Waals surface area contributed by atoms with Crippen LogP contribution in [0.3, 0.4) is 0 Å². The maximum atomic E-state index is 12.6. The van der Waals surface area contributed by atoms with Gasteiger partial charge in [-0.3, -0.25) is 9.10 Å². The maximum Gasteiger partial charge on any atom is 0.241 e. The van der Waals surface area contributed by atoms with E-state index in [1.807, 2.05) is 34.6 Å². The molecule has 0 saturated heterocycles. The second-order valence-electron chi connectivity index (χ2n) is 7.29. The van der Waals surface area contributed by atoms with Crippen molar-refractivity contribution >= 4 is 33.2 Å². The minimum atomic E-state index is -3.65. The Labute approximate surface area is 172 Å². The molecule has 0 saturated carbocycles. The second kappa shape index (κ2) is 8.53. The molecule has 1 unspecified atom stereocenters. The summed E-state index contributed by atoms with van der Waals surface area (Å²) in [5, 5.41) is 3.35. The van der Waals surface area contributed by atoms with Crippen molar-refractivity contribution in [3.8, 4) is 0 Å². The number of rotatable bonds is 6. The average molecular weight is 423 g/mol. The first-order valence-electron chi connectivity index (χ1n) is 9.01. The third kappa shape index (κ3) is 5.26. The third-order valence-corrected chi connectivity index (χ3v) is 6.41. The predicted molar refractivity (Wildman–Crippen MR) is 116 cm³/mol. The monoisotopic (exact) mass is 422 g/mol. The van der Waals surface area contributed by atoms with Gasteiger partial charge < -0.3 is 5.32 Å². The highest BCUT2D eigenvalue weighted by Crippen LogP contribution is 2.25. The van der Waals surface area contributed by atoms with E-state index in [9.17, 15) is 13.2 Å². The van der Waals surface area contributed by atoms with Crippen LogP contribution in [0.2, 0.25) is 5.02 Å². The highest BCUT2D eigenvalue weighted by Gasteiger charge is 2.23. The van der Waals surface area contributed by atoms with Crippen LogP contribution in [0.4, 0.5) is 5.69 Å². The van der Waals surface area contributed by atoms with Crippen LogP contribution in [-0.4, -0.2) is 27.1 Å². The molecule has 5 nitrogen and oxygen atoms in total. The third-order valence-electron chi connectivity index (χ3n) is 4.86. The van der Waals surface area contributed by atoms with Gasteiger partial charge in [0.15, 0.2) is 0 Å². The highest BCUT2D eigenvalue weighted by atomic mass is 35.5. The lowest BCUT2D eigenvalue weighted by atomic mass is 9.96. The molecule has 0 fully saturated rings. The molecule has 0 aliphatic rings. The van der Waals surface area contributed by atoms with E-state index < -0.39 is 10.0 Å².